The molecule has 0 amide bonds. The fourth-order valence-corrected chi connectivity index (χ4v) is 21.9. The minimum atomic E-state index is -0.692. The van der Waals surface area contributed by atoms with Crippen LogP contribution in [0.4, 0.5) is 56.9 Å². The van der Waals surface area contributed by atoms with E-state index >= 15 is 0 Å². The molecule has 26 rings (SSSR count). The summed E-state index contributed by atoms with van der Waals surface area (Å²) in [7, 11) is 0. The Morgan fingerprint density at radius 2 is 0.667 bits per heavy atom. The number of benzene rings is 20. The molecule has 0 unspecified atom stereocenters. The van der Waals surface area contributed by atoms with Crippen molar-refractivity contribution in [3.05, 3.63) is 633 Å². The van der Waals surface area contributed by atoms with Gasteiger partial charge in [0.25, 0.3) is 0 Å². The Labute approximate surface area is 969 Å². The number of H-pyrrole nitrogens is 1. The van der Waals surface area contributed by atoms with Gasteiger partial charge in [0.1, 0.15) is 5.78 Å². The van der Waals surface area contributed by atoms with Gasteiger partial charge in [-0.25, -0.2) is 5.43 Å². The summed E-state index contributed by atoms with van der Waals surface area (Å²) >= 11 is 3.68. The van der Waals surface area contributed by atoms with Crippen molar-refractivity contribution in [2.24, 2.45) is 10.9 Å². The summed E-state index contributed by atoms with van der Waals surface area (Å²) in [5, 5.41) is 7.38. The number of carbonyl (C=O) groups excluding carboxylic acids is 1. The number of Topliss-reactive ketones (excluding diaryl/α,β-unsaturated/α-hetero) is 1. The molecule has 0 bridgehead atoms. The molecule has 150 heavy (non-hydrogen) atoms. The molecule has 1 saturated heterocycles. The zero-order chi connectivity index (χ0) is 101. The van der Waals surface area contributed by atoms with E-state index in [1.54, 1.807) is 0 Å². The molecule has 20 aromatic carbocycles. The largest absolute Gasteiger partial charge is 0.381 e. The van der Waals surface area contributed by atoms with E-state index in [2.05, 4.69) is 465 Å². The van der Waals surface area contributed by atoms with Crippen LogP contribution in [-0.2, 0) is 124 Å². The van der Waals surface area contributed by atoms with Crippen LogP contribution in [-0.4, -0.2) is 29.7 Å². The fraction of sp³-hybridized carbons (Fsp3) is 0.103. The van der Waals surface area contributed by atoms with Gasteiger partial charge in [-0.3, -0.25) is 10.6 Å². The second kappa shape index (κ2) is 51.3. The predicted octanol–water partition coefficient (Wildman–Crippen LogP) is 33.1. The van der Waals surface area contributed by atoms with Gasteiger partial charge < -0.3 is 29.8 Å². The summed E-state index contributed by atoms with van der Waals surface area (Å²) < 4.78 is 15.9. The van der Waals surface area contributed by atoms with E-state index in [9.17, 15) is 4.79 Å². The molecule has 14 heteroatoms. The van der Waals surface area contributed by atoms with Gasteiger partial charge in [0.2, 0.25) is 0 Å². The number of hydrazone groups is 1. The molecular formula is C136H113BrN8O2Y3-6. The van der Waals surface area contributed by atoms with Crippen molar-refractivity contribution in [1.82, 2.24) is 10.4 Å². The van der Waals surface area contributed by atoms with Crippen molar-refractivity contribution >= 4 is 106 Å². The molecule has 5 heterocycles. The number of anilines is 10. The van der Waals surface area contributed by atoms with E-state index in [1.807, 2.05) is 121 Å². The number of carbonyl (C=O) groups is 1. The molecule has 0 spiro atoms. The van der Waals surface area contributed by atoms with E-state index in [0.29, 0.717) is 5.78 Å². The summed E-state index contributed by atoms with van der Waals surface area (Å²) in [6.45, 7) is 2.00. The van der Waals surface area contributed by atoms with E-state index in [1.165, 1.54) is 63.4 Å². The fourth-order valence-electron chi connectivity index (χ4n) is 21.5. The van der Waals surface area contributed by atoms with Crippen molar-refractivity contribution < 1.29 is 111 Å². The van der Waals surface area contributed by atoms with Crippen LogP contribution in [0, 0.1) is 36.4 Å². The normalized spacial score (nSPS) is 13.6. The molecule has 0 atom stereocenters. The average molecular weight is 2240 g/mol. The zero-order valence-corrected chi connectivity index (χ0v) is 92.8. The van der Waals surface area contributed by atoms with Crippen LogP contribution in [0.15, 0.2) is 513 Å². The van der Waals surface area contributed by atoms with Gasteiger partial charge in [-0.2, -0.15) is 157 Å². The van der Waals surface area contributed by atoms with Crippen molar-refractivity contribution in [1.29, 1.82) is 0 Å². The quantitative estimate of drug-likeness (QED) is 0.0327. The molecule has 5 aliphatic rings. The number of hydrogen-bond donors (Lipinski definition) is 4. The second-order valence-corrected chi connectivity index (χ2v) is 37.4. The molecule has 21 aromatic rings. The summed E-state index contributed by atoms with van der Waals surface area (Å²) in [6, 6.07) is 198. The first-order valence-corrected chi connectivity index (χ1v) is 50.9. The number of ketones is 1. The van der Waals surface area contributed by atoms with Crippen LogP contribution in [0.25, 0.3) is 21.8 Å². The average Bonchev–Trinajstić information content (AvgIpc) is 1.56. The van der Waals surface area contributed by atoms with Crippen molar-refractivity contribution in [2.45, 2.75) is 74.7 Å². The molecule has 1 aromatic heterocycles. The Morgan fingerprint density at radius 1 is 0.340 bits per heavy atom. The summed E-state index contributed by atoms with van der Waals surface area (Å²) in [5.74, 6) is 6.05. The van der Waals surface area contributed by atoms with Crippen LogP contribution in [0.5, 0.6) is 0 Å². The third kappa shape index (κ3) is 22.2. The monoisotopic (exact) mass is 2240 g/mol. The van der Waals surface area contributed by atoms with Crippen LogP contribution < -0.4 is 31.4 Å². The van der Waals surface area contributed by atoms with Crippen LogP contribution in [0.2, 0.25) is 0 Å². The maximum atomic E-state index is 10.5. The number of hydrogen-bond acceptors (Lipinski definition) is 9. The van der Waals surface area contributed by atoms with E-state index < -0.39 is 16.2 Å². The number of nitrogens with zero attached hydrogens (tertiary/aromatic N) is 4. The third-order valence-corrected chi connectivity index (χ3v) is 28.4. The number of ether oxygens (including phenoxy) is 1. The Hall–Kier alpha value is -13.6. The molecule has 10 nitrogen and oxygen atoms in total. The van der Waals surface area contributed by atoms with Gasteiger partial charge in [-0.1, -0.05) is 349 Å². The Balaban J connectivity index is 0.000000142. The number of nitrogens with one attached hydrogen (secondary N) is 3. The zero-order valence-electron chi connectivity index (χ0n) is 84.7. The molecule has 731 valence electrons. The third-order valence-electron chi connectivity index (χ3n) is 27.9. The van der Waals surface area contributed by atoms with Crippen molar-refractivity contribution in [3.8, 4) is 0 Å². The maximum Gasteiger partial charge on any atom is 0.132 e. The number of nitrogens with two attached hydrogens (primary N) is 1. The molecule has 5 N–H and O–H groups in total. The standard InChI is InChI=1S/C44H31N3.C37H24N2.C31H20BrN.C13H14N2.C6H10O.C4H8O.CH4.3Y.H2/c1-5-18-33(19-6-1)43(34-20-7-2-8-21-34)46-45-37-25-17-24-36(32-37)44(35-22-9-3-10-23-35)39-28-13-15-30-41(39)47(38-26-11-4-12-27-38)42-31-16-14-29-40(42)44;1-3-13-26(14-4-1)37(27-23-24-30-29-17-7-10-20-33(29)38-34(30)25-27)31-18-8-11-21-35(31)39(28-15-5-2-6-16-28)36-22-12-9-19-32(36)37;32-25-15-11-14-24(22-25)31(23-12-3-1-4-13-23)27-18-7-9-20-29(27)33(26-16-5-2-6-17-26)30-21-10-8-19-28(30)31;14-15-13(11-7-3-1-4-8-11)12-9-5-2-6-10-12;7-6-4-2-1-3-5-6;1-2-4-5-3-1;;;;;/h1-22,24-31,45H;1-13,15-24,38H;1-12,14-21H;1-10,13,15H,14H2;1-5H2;1-4H2;1H4;;;;1H/q3*-2;;;;;;;;/i;;;;;;;;;;1+1D. The van der Waals surface area contributed by atoms with Gasteiger partial charge in [-0.05, 0) is 154 Å². The number of aromatic nitrogens is 1. The Morgan fingerprint density at radius 3 is 1.01 bits per heavy atom. The Kier molecular flexibility index (Phi) is 36.3. The van der Waals surface area contributed by atoms with E-state index in [4.69, 9.17) is 18.7 Å². The summed E-state index contributed by atoms with van der Waals surface area (Å²) in [5.41, 5.74) is 36.5. The molecule has 1 aliphatic carbocycles. The number of fused-ring (bicyclic) bond motifs is 9. The molecular weight excluding hydrogens is 2120 g/mol. The maximum absolute atomic E-state index is 10.5. The number of para-hydroxylation sites is 10. The van der Waals surface area contributed by atoms with Gasteiger partial charge >= 0.3 is 0 Å². The van der Waals surface area contributed by atoms with E-state index in [-0.39, 0.29) is 112 Å². The van der Waals surface area contributed by atoms with E-state index in [0.717, 1.165) is 173 Å². The first kappa shape index (κ1) is 106. The minimum Gasteiger partial charge on any atom is -0.381 e. The predicted molar refractivity (Wildman–Crippen MR) is 610 cm³/mol. The smallest absolute Gasteiger partial charge is 0.132 e. The minimum absolute atomic E-state index is 0. The van der Waals surface area contributed by atoms with Gasteiger partial charge in [0.15, 0.2) is 0 Å². The van der Waals surface area contributed by atoms with Crippen LogP contribution in [0.3, 0.4) is 0 Å². The SMILES string of the molecule is Brc1[c-]c(C2(c3[c-]cccc3)c3ccccc3N(c3ccccc3)c3ccccc32)ccc1.C.C1CCOC1.NNC(c1ccccc1)c1ccccc1.O=C1CCCCC1.[2H][2H].[Y].[Y].[Y].[c-]1ccccc1C1(c2[c-]c(NN=C(c3ccccc3)c3ccccc3)ccc2)c2ccccc2N(c2ccccc2)c2ccccc21.[c-]1ccccc1C1(c2[c-]c3[nH]c4ccccc4c3cc2)c2ccccc2N(c2ccccc2)c2ccccc21. The van der Waals surface area contributed by atoms with Crippen molar-refractivity contribution in [2.75, 3.05) is 33.3 Å². The van der Waals surface area contributed by atoms with Crippen LogP contribution >= 0.6 is 15.9 Å². The molecule has 1 saturated carbocycles. The number of hydrazine groups is 1. The summed E-state index contributed by atoms with van der Waals surface area (Å²) in [6.07, 6.45) is 7.80. The molecule has 4 aliphatic heterocycles. The Bertz CT molecular complexity index is 7800. The number of halogens is 1. The molecule has 3 radical (unpaired) electrons. The van der Waals surface area contributed by atoms with Gasteiger partial charge in [-0.15, -0.1) is 44.8 Å². The number of aromatic amines is 1. The topological polar surface area (TPSA) is 114 Å². The van der Waals surface area contributed by atoms with Gasteiger partial charge in [0, 0.05) is 177 Å². The van der Waals surface area contributed by atoms with Gasteiger partial charge in [0.05, 0.1) is 45.9 Å². The first-order chi connectivity index (χ1) is 73.3. The molecule has 2 fully saturated rings. The van der Waals surface area contributed by atoms with Crippen LogP contribution in [0.1, 0.15) is 150 Å². The second-order valence-electron chi connectivity index (χ2n) is 36.6. The number of rotatable bonds is 16. The van der Waals surface area contributed by atoms with Crippen molar-refractivity contribution in [3.63, 3.8) is 0 Å². The summed E-state index contributed by atoms with van der Waals surface area (Å²) in [4.78, 5) is 21.2. The first-order valence-electron chi connectivity index (χ1n) is 51.1.